The number of carbonyl (C=O) groups is 2. The summed E-state index contributed by atoms with van der Waals surface area (Å²) in [5.41, 5.74) is 6.37. The molecule has 2 N–H and O–H groups in total. The van der Waals surface area contributed by atoms with Gasteiger partial charge >= 0.3 is 0 Å². The topological polar surface area (TPSA) is 94.5 Å². The molecule has 8 nitrogen and oxygen atoms in total. The maximum absolute atomic E-state index is 12.3. The first-order chi connectivity index (χ1) is 14.1. The normalized spacial score (nSPS) is 10.3. The lowest BCUT2D eigenvalue weighted by Gasteiger charge is -2.12. The van der Waals surface area contributed by atoms with Crippen molar-refractivity contribution in [1.82, 2.24) is 20.6 Å². The highest BCUT2D eigenvalue weighted by Gasteiger charge is 2.13. The second kappa shape index (κ2) is 9.41. The fourth-order valence-corrected chi connectivity index (χ4v) is 2.59. The highest BCUT2D eigenvalue weighted by Crippen LogP contribution is 2.28. The smallest absolute Gasteiger partial charge is 0.269 e. The van der Waals surface area contributed by atoms with Gasteiger partial charge in [-0.1, -0.05) is 6.92 Å². The standard InChI is InChI=1S/C21H22N4O4/c1-3-13-29-18-10-7-16(14-19(18)28-2)21(27)24-23-20(26)15-5-8-17(9-6-15)25-12-4-11-22-25/h4-12,14H,3,13H2,1-2H3,(H,23,26)(H,24,27). The third kappa shape index (κ3) is 4.92. The van der Waals surface area contributed by atoms with Crippen LogP contribution in [0.1, 0.15) is 34.1 Å². The molecule has 0 aliphatic heterocycles. The second-order valence-corrected chi connectivity index (χ2v) is 6.12. The molecule has 3 rings (SSSR count). The molecular formula is C21H22N4O4. The largest absolute Gasteiger partial charge is 0.493 e. The molecule has 29 heavy (non-hydrogen) atoms. The number of aromatic nitrogens is 2. The van der Waals surface area contributed by atoms with Crippen LogP contribution < -0.4 is 20.3 Å². The number of rotatable bonds is 7. The van der Waals surface area contributed by atoms with Crippen LogP contribution in [0, 0.1) is 0 Å². The van der Waals surface area contributed by atoms with E-state index >= 15 is 0 Å². The molecule has 2 aromatic carbocycles. The lowest BCUT2D eigenvalue weighted by molar-refractivity contribution is 0.0846. The third-order valence-corrected chi connectivity index (χ3v) is 4.08. The van der Waals surface area contributed by atoms with E-state index in [2.05, 4.69) is 16.0 Å². The summed E-state index contributed by atoms with van der Waals surface area (Å²) in [6.45, 7) is 2.55. The first-order valence-corrected chi connectivity index (χ1v) is 9.14. The summed E-state index contributed by atoms with van der Waals surface area (Å²) >= 11 is 0. The van der Waals surface area contributed by atoms with E-state index < -0.39 is 11.8 Å². The SMILES string of the molecule is CCCOc1ccc(C(=O)NNC(=O)c2ccc(-n3cccn3)cc2)cc1OC. The van der Waals surface area contributed by atoms with E-state index in [-0.39, 0.29) is 0 Å². The molecule has 8 heteroatoms. The second-order valence-electron chi connectivity index (χ2n) is 6.12. The van der Waals surface area contributed by atoms with E-state index in [1.165, 1.54) is 7.11 Å². The van der Waals surface area contributed by atoms with Crippen molar-refractivity contribution in [2.75, 3.05) is 13.7 Å². The zero-order chi connectivity index (χ0) is 20.6. The van der Waals surface area contributed by atoms with Gasteiger partial charge in [-0.2, -0.15) is 5.10 Å². The number of carbonyl (C=O) groups excluding carboxylic acids is 2. The first kappa shape index (κ1) is 19.9. The number of hydrogen-bond acceptors (Lipinski definition) is 5. The van der Waals surface area contributed by atoms with E-state index in [0.29, 0.717) is 29.2 Å². The van der Waals surface area contributed by atoms with E-state index in [1.54, 1.807) is 53.3 Å². The summed E-state index contributed by atoms with van der Waals surface area (Å²) in [5, 5.41) is 4.13. The zero-order valence-corrected chi connectivity index (χ0v) is 16.2. The molecule has 0 bridgehead atoms. The summed E-state index contributed by atoms with van der Waals surface area (Å²) in [6, 6.07) is 13.5. The molecule has 0 aliphatic rings. The van der Waals surface area contributed by atoms with Crippen molar-refractivity contribution in [2.45, 2.75) is 13.3 Å². The quantitative estimate of drug-likeness (QED) is 0.601. The summed E-state index contributed by atoms with van der Waals surface area (Å²) in [7, 11) is 1.50. The summed E-state index contributed by atoms with van der Waals surface area (Å²) in [6.07, 6.45) is 4.34. The molecule has 0 unspecified atom stereocenters. The minimum atomic E-state index is -0.466. The number of hydrogen-bond donors (Lipinski definition) is 2. The van der Waals surface area contributed by atoms with Gasteiger partial charge in [0.2, 0.25) is 0 Å². The van der Waals surface area contributed by atoms with Crippen LogP contribution in [0.25, 0.3) is 5.69 Å². The number of ether oxygens (including phenoxy) is 2. The van der Waals surface area contributed by atoms with Crippen molar-refractivity contribution in [1.29, 1.82) is 0 Å². The predicted octanol–water partition coefficient (Wildman–Crippen LogP) is 2.74. The molecule has 2 amide bonds. The van der Waals surface area contributed by atoms with E-state index in [9.17, 15) is 9.59 Å². The van der Waals surface area contributed by atoms with Crippen molar-refractivity contribution < 1.29 is 19.1 Å². The number of methoxy groups -OCH3 is 1. The lowest BCUT2D eigenvalue weighted by Crippen LogP contribution is -2.41. The summed E-state index contributed by atoms with van der Waals surface area (Å²) in [4.78, 5) is 24.6. The summed E-state index contributed by atoms with van der Waals surface area (Å²) < 4.78 is 12.5. The van der Waals surface area contributed by atoms with E-state index in [4.69, 9.17) is 9.47 Å². The Balaban J connectivity index is 1.60. The van der Waals surface area contributed by atoms with Gasteiger partial charge in [0.25, 0.3) is 11.8 Å². The molecule has 0 spiro atoms. The van der Waals surface area contributed by atoms with Gasteiger partial charge in [0.05, 0.1) is 19.4 Å². The maximum Gasteiger partial charge on any atom is 0.269 e. The fourth-order valence-electron chi connectivity index (χ4n) is 2.59. The van der Waals surface area contributed by atoms with Crippen LogP contribution in [0.5, 0.6) is 11.5 Å². The van der Waals surface area contributed by atoms with Gasteiger partial charge in [-0.05, 0) is 55.0 Å². The lowest BCUT2D eigenvalue weighted by atomic mass is 10.2. The zero-order valence-electron chi connectivity index (χ0n) is 16.2. The highest BCUT2D eigenvalue weighted by atomic mass is 16.5. The highest BCUT2D eigenvalue weighted by molar-refractivity contribution is 5.99. The Bertz CT molecular complexity index is 969. The number of amides is 2. The van der Waals surface area contributed by atoms with Crippen molar-refractivity contribution in [3.63, 3.8) is 0 Å². The molecule has 150 valence electrons. The minimum absolute atomic E-state index is 0.333. The molecule has 0 atom stereocenters. The Morgan fingerprint density at radius 2 is 1.69 bits per heavy atom. The molecule has 0 saturated carbocycles. The van der Waals surface area contributed by atoms with Crippen molar-refractivity contribution in [3.05, 3.63) is 72.1 Å². The summed E-state index contributed by atoms with van der Waals surface area (Å²) in [5.74, 6) is 0.117. The van der Waals surface area contributed by atoms with Crippen LogP contribution in [0.2, 0.25) is 0 Å². The van der Waals surface area contributed by atoms with Crippen LogP contribution >= 0.6 is 0 Å². The van der Waals surface area contributed by atoms with Gasteiger partial charge in [0, 0.05) is 23.5 Å². The monoisotopic (exact) mass is 394 g/mol. The van der Waals surface area contributed by atoms with Crippen molar-refractivity contribution >= 4 is 11.8 Å². The van der Waals surface area contributed by atoms with Crippen LogP contribution in [-0.2, 0) is 0 Å². The predicted molar refractivity (Wildman–Crippen MR) is 107 cm³/mol. The van der Waals surface area contributed by atoms with Gasteiger partial charge in [-0.25, -0.2) is 4.68 Å². The number of benzene rings is 2. The molecule has 1 aromatic heterocycles. The van der Waals surface area contributed by atoms with Gasteiger partial charge in [0.1, 0.15) is 0 Å². The van der Waals surface area contributed by atoms with Gasteiger partial charge in [-0.15, -0.1) is 0 Å². The van der Waals surface area contributed by atoms with Crippen molar-refractivity contribution in [3.8, 4) is 17.2 Å². The van der Waals surface area contributed by atoms with Crippen LogP contribution in [0.15, 0.2) is 60.9 Å². The first-order valence-electron chi connectivity index (χ1n) is 9.14. The Labute approximate surface area is 168 Å². The Hall–Kier alpha value is -3.81. The average Bonchev–Trinajstić information content (AvgIpc) is 3.30. The van der Waals surface area contributed by atoms with Crippen molar-refractivity contribution in [2.24, 2.45) is 0 Å². The number of nitrogens with zero attached hydrogens (tertiary/aromatic N) is 2. The molecular weight excluding hydrogens is 372 g/mol. The van der Waals surface area contributed by atoms with E-state index in [1.807, 2.05) is 19.2 Å². The van der Waals surface area contributed by atoms with E-state index in [0.717, 1.165) is 12.1 Å². The molecule has 0 aliphatic carbocycles. The number of nitrogens with one attached hydrogen (secondary N) is 2. The Morgan fingerprint density at radius 1 is 1.00 bits per heavy atom. The minimum Gasteiger partial charge on any atom is -0.493 e. The van der Waals surface area contributed by atoms with Crippen LogP contribution in [0.3, 0.4) is 0 Å². The fraction of sp³-hybridized carbons (Fsp3) is 0.190. The maximum atomic E-state index is 12.3. The van der Waals surface area contributed by atoms with Gasteiger partial charge in [0.15, 0.2) is 11.5 Å². The Morgan fingerprint density at radius 3 is 2.31 bits per heavy atom. The molecule has 0 fully saturated rings. The average molecular weight is 394 g/mol. The molecule has 1 heterocycles. The molecule has 3 aromatic rings. The van der Waals surface area contributed by atoms with Gasteiger partial charge in [-0.3, -0.25) is 20.4 Å². The molecule has 0 radical (unpaired) electrons. The number of hydrazine groups is 1. The van der Waals surface area contributed by atoms with Crippen LogP contribution in [-0.4, -0.2) is 35.3 Å². The Kier molecular flexibility index (Phi) is 6.47. The third-order valence-electron chi connectivity index (χ3n) is 4.08. The van der Waals surface area contributed by atoms with Crippen LogP contribution in [0.4, 0.5) is 0 Å². The van der Waals surface area contributed by atoms with Gasteiger partial charge < -0.3 is 9.47 Å². The molecule has 0 saturated heterocycles.